The van der Waals surface area contributed by atoms with E-state index in [2.05, 4.69) is 30.4 Å². The average Bonchev–Trinajstić information content (AvgIpc) is 3.07. The number of aromatic nitrogens is 1. The van der Waals surface area contributed by atoms with Crippen LogP contribution < -0.4 is 11.1 Å². The van der Waals surface area contributed by atoms with E-state index in [4.69, 9.17) is 5.73 Å². The van der Waals surface area contributed by atoms with Crippen molar-refractivity contribution in [3.63, 3.8) is 0 Å². The Labute approximate surface area is 153 Å². The number of thiazole rings is 1. The Morgan fingerprint density at radius 3 is 3.00 bits per heavy atom. The fraction of sp³-hybridized carbons (Fsp3) is 0.778. The van der Waals surface area contributed by atoms with Crippen molar-refractivity contribution < 1.29 is 4.79 Å². The Morgan fingerprint density at radius 2 is 2.33 bits per heavy atom. The zero-order chi connectivity index (χ0) is 17.3. The minimum Gasteiger partial charge on any atom is -0.350 e. The third-order valence-corrected chi connectivity index (χ3v) is 7.85. The van der Waals surface area contributed by atoms with E-state index in [1.165, 1.54) is 30.6 Å². The summed E-state index contributed by atoms with van der Waals surface area (Å²) < 4.78 is 0. The molecule has 4 nitrogen and oxygen atoms in total. The first-order valence-corrected chi connectivity index (χ1v) is 11.2. The molecule has 1 heterocycles. The summed E-state index contributed by atoms with van der Waals surface area (Å²) in [5.41, 5.74) is 7.13. The van der Waals surface area contributed by atoms with Crippen molar-refractivity contribution in [3.8, 4) is 0 Å². The molecule has 6 heteroatoms. The van der Waals surface area contributed by atoms with Crippen molar-refractivity contribution >= 4 is 29.0 Å². The Hall–Kier alpha value is -0.590. The number of nitrogens with two attached hydrogens (primary N) is 1. The molecule has 4 unspecified atom stereocenters. The molecule has 0 saturated heterocycles. The second-order valence-electron chi connectivity index (χ2n) is 7.87. The highest BCUT2D eigenvalue weighted by Gasteiger charge is 2.53. The fourth-order valence-corrected chi connectivity index (χ4v) is 5.78. The van der Waals surface area contributed by atoms with Gasteiger partial charge in [0, 0.05) is 11.9 Å². The summed E-state index contributed by atoms with van der Waals surface area (Å²) in [4.78, 5) is 16.9. The highest BCUT2D eigenvalue weighted by Crippen LogP contribution is 2.61. The van der Waals surface area contributed by atoms with E-state index >= 15 is 0 Å². The van der Waals surface area contributed by atoms with Crippen LogP contribution in [0.25, 0.3) is 0 Å². The van der Waals surface area contributed by atoms with Crippen molar-refractivity contribution in [2.24, 2.45) is 28.9 Å². The summed E-state index contributed by atoms with van der Waals surface area (Å²) in [5.74, 6) is 3.26. The van der Waals surface area contributed by atoms with Gasteiger partial charge in [0.15, 0.2) is 0 Å². The van der Waals surface area contributed by atoms with Crippen LogP contribution in [0.1, 0.15) is 61.1 Å². The Bertz CT molecular complexity index is 585. The number of rotatable bonds is 7. The lowest BCUT2D eigenvalue weighted by Crippen LogP contribution is -2.54. The third kappa shape index (κ3) is 3.51. The van der Waals surface area contributed by atoms with Crippen LogP contribution in [0.3, 0.4) is 0 Å². The molecule has 1 aromatic rings. The monoisotopic (exact) mass is 367 g/mol. The molecule has 4 atom stereocenters. The predicted octanol–water partition coefficient (Wildman–Crippen LogP) is 3.70. The summed E-state index contributed by atoms with van der Waals surface area (Å²) in [5, 5.41) is 5.83. The normalized spacial score (nSPS) is 28.9. The fourth-order valence-electron chi connectivity index (χ4n) is 4.45. The van der Waals surface area contributed by atoms with E-state index < -0.39 is 0 Å². The summed E-state index contributed by atoms with van der Waals surface area (Å²) in [6.07, 6.45) is 6.88. The minimum atomic E-state index is -0.0601. The van der Waals surface area contributed by atoms with Crippen LogP contribution in [-0.4, -0.2) is 29.4 Å². The van der Waals surface area contributed by atoms with Crippen LogP contribution in [0.5, 0.6) is 0 Å². The number of nitrogens with zero attached hydrogens (tertiary/aromatic N) is 1. The van der Waals surface area contributed by atoms with Gasteiger partial charge in [-0.25, -0.2) is 4.98 Å². The average molecular weight is 368 g/mol. The van der Waals surface area contributed by atoms with Crippen LogP contribution >= 0.6 is 23.1 Å². The van der Waals surface area contributed by atoms with Gasteiger partial charge in [-0.15, -0.1) is 11.3 Å². The molecule has 1 amide bonds. The van der Waals surface area contributed by atoms with E-state index in [1.54, 1.807) is 11.8 Å². The Balaban J connectivity index is 1.51. The van der Waals surface area contributed by atoms with E-state index in [0.717, 1.165) is 35.6 Å². The molecule has 3 aliphatic carbocycles. The lowest BCUT2D eigenvalue weighted by atomic mass is 9.45. The van der Waals surface area contributed by atoms with Gasteiger partial charge in [-0.1, -0.05) is 13.8 Å². The summed E-state index contributed by atoms with van der Waals surface area (Å²) in [6.45, 7) is 5.57. The highest BCUT2D eigenvalue weighted by molar-refractivity contribution is 7.98. The van der Waals surface area contributed by atoms with Crippen molar-refractivity contribution in [1.82, 2.24) is 10.3 Å². The lowest BCUT2D eigenvalue weighted by molar-refractivity contribution is -0.103. The number of fused-ring (bicyclic) bond motifs is 2. The van der Waals surface area contributed by atoms with Gasteiger partial charge in [-0.2, -0.15) is 11.8 Å². The molecule has 2 bridgehead atoms. The van der Waals surface area contributed by atoms with Gasteiger partial charge < -0.3 is 11.1 Å². The van der Waals surface area contributed by atoms with E-state index in [0.29, 0.717) is 17.0 Å². The van der Waals surface area contributed by atoms with Crippen LogP contribution in [0.15, 0.2) is 5.38 Å². The number of thioether (sulfide) groups is 1. The molecule has 0 radical (unpaired) electrons. The molecular formula is C18H29N3OS2. The molecule has 134 valence electrons. The van der Waals surface area contributed by atoms with Gasteiger partial charge in [0.25, 0.3) is 5.91 Å². The SMILES string of the molecule is CSCCC(N)c1nc(C(=O)NCC2CCC3CC2C3(C)C)cs1. The van der Waals surface area contributed by atoms with Gasteiger partial charge >= 0.3 is 0 Å². The second kappa shape index (κ2) is 7.34. The molecule has 0 aliphatic heterocycles. The van der Waals surface area contributed by atoms with E-state index in [-0.39, 0.29) is 11.9 Å². The van der Waals surface area contributed by atoms with Crippen molar-refractivity contribution in [3.05, 3.63) is 16.1 Å². The maximum Gasteiger partial charge on any atom is 0.270 e. The predicted molar refractivity (Wildman–Crippen MR) is 102 cm³/mol. The zero-order valence-electron chi connectivity index (χ0n) is 14.9. The third-order valence-electron chi connectivity index (χ3n) is 6.23. The largest absolute Gasteiger partial charge is 0.350 e. The molecule has 3 saturated carbocycles. The molecule has 0 aromatic carbocycles. The van der Waals surface area contributed by atoms with Gasteiger partial charge in [0.2, 0.25) is 0 Å². The maximum absolute atomic E-state index is 12.4. The number of carbonyl (C=O) groups excluding carboxylic acids is 1. The van der Waals surface area contributed by atoms with Crippen molar-refractivity contribution in [1.29, 1.82) is 0 Å². The first kappa shape index (κ1) is 18.2. The topological polar surface area (TPSA) is 68.0 Å². The zero-order valence-corrected chi connectivity index (χ0v) is 16.5. The quantitative estimate of drug-likeness (QED) is 0.771. The van der Waals surface area contributed by atoms with Crippen LogP contribution in [0, 0.1) is 23.2 Å². The van der Waals surface area contributed by atoms with Crippen LogP contribution in [0.4, 0.5) is 0 Å². The van der Waals surface area contributed by atoms with Gasteiger partial charge in [-0.05, 0) is 60.9 Å². The van der Waals surface area contributed by atoms with Crippen LogP contribution in [0.2, 0.25) is 0 Å². The summed E-state index contributed by atoms with van der Waals surface area (Å²) in [7, 11) is 0. The van der Waals surface area contributed by atoms with Gasteiger partial charge in [-0.3, -0.25) is 4.79 Å². The number of amides is 1. The molecule has 4 rings (SSSR count). The molecule has 1 aromatic heterocycles. The Morgan fingerprint density at radius 1 is 1.54 bits per heavy atom. The molecular weight excluding hydrogens is 338 g/mol. The van der Waals surface area contributed by atoms with Crippen molar-refractivity contribution in [2.75, 3.05) is 18.6 Å². The van der Waals surface area contributed by atoms with Crippen molar-refractivity contribution in [2.45, 2.75) is 45.6 Å². The molecule has 3 aliphatic rings. The van der Waals surface area contributed by atoms with E-state index in [9.17, 15) is 4.79 Å². The summed E-state index contributed by atoms with van der Waals surface area (Å²) in [6, 6.07) is -0.0601. The highest BCUT2D eigenvalue weighted by atomic mass is 32.2. The number of nitrogens with one attached hydrogen (secondary N) is 1. The maximum atomic E-state index is 12.4. The number of hydrogen-bond acceptors (Lipinski definition) is 5. The number of carbonyl (C=O) groups is 1. The number of hydrogen-bond donors (Lipinski definition) is 2. The van der Waals surface area contributed by atoms with Gasteiger partial charge in [0.1, 0.15) is 10.7 Å². The smallest absolute Gasteiger partial charge is 0.270 e. The molecule has 0 spiro atoms. The molecule has 24 heavy (non-hydrogen) atoms. The minimum absolute atomic E-state index is 0.0474. The Kier molecular flexibility index (Phi) is 5.57. The summed E-state index contributed by atoms with van der Waals surface area (Å²) >= 11 is 3.28. The first-order chi connectivity index (χ1) is 11.4. The van der Waals surface area contributed by atoms with E-state index in [1.807, 2.05) is 5.38 Å². The first-order valence-electron chi connectivity index (χ1n) is 8.91. The standard InChI is InChI=1S/C18H29N3OS2/c1-18(2)12-5-4-11(13(18)8-12)9-20-16(22)15-10-24-17(21-15)14(19)6-7-23-3/h10-14H,4-9,19H2,1-3H3,(H,20,22). The molecule has 3 N–H and O–H groups in total. The lowest BCUT2D eigenvalue weighted by Gasteiger charge is -2.60. The van der Waals surface area contributed by atoms with Gasteiger partial charge in [0.05, 0.1) is 6.04 Å². The van der Waals surface area contributed by atoms with Crippen LogP contribution in [-0.2, 0) is 0 Å². The molecule has 3 fully saturated rings. The second-order valence-corrected chi connectivity index (χ2v) is 9.74.